The van der Waals surface area contributed by atoms with E-state index in [9.17, 15) is 0 Å². The van der Waals surface area contributed by atoms with E-state index in [1.165, 1.54) is 4.88 Å². The van der Waals surface area contributed by atoms with Crippen LogP contribution in [0, 0.1) is 0 Å². The van der Waals surface area contributed by atoms with Crippen molar-refractivity contribution in [2.75, 3.05) is 33.4 Å². The van der Waals surface area contributed by atoms with Crippen molar-refractivity contribution in [3.63, 3.8) is 0 Å². The lowest BCUT2D eigenvalue weighted by Crippen LogP contribution is -2.39. The molecule has 1 rings (SSSR count). The quantitative estimate of drug-likeness (QED) is 0.686. The van der Waals surface area contributed by atoms with E-state index in [0.717, 1.165) is 32.8 Å². The summed E-state index contributed by atoms with van der Waals surface area (Å²) < 4.78 is 5.36. The number of hydrogen-bond donors (Lipinski definition) is 1. The molecule has 0 aliphatic carbocycles. The average Bonchev–Trinajstić information content (AvgIpc) is 2.82. The molecule has 1 unspecified atom stereocenters. The van der Waals surface area contributed by atoms with E-state index in [1.807, 2.05) is 6.92 Å². The third kappa shape index (κ3) is 6.17. The summed E-state index contributed by atoms with van der Waals surface area (Å²) in [5.74, 6) is 0. The predicted octanol–water partition coefficient (Wildman–Crippen LogP) is 2.19. The zero-order valence-corrected chi connectivity index (χ0v) is 11.9. The molecule has 98 valence electrons. The molecular formula is C13H24N2OS. The number of nitrogens with one attached hydrogen (secondary N) is 1. The van der Waals surface area contributed by atoms with E-state index in [2.05, 4.69) is 41.7 Å². The third-order valence-corrected chi connectivity index (χ3v) is 3.74. The second kappa shape index (κ2) is 8.64. The predicted molar refractivity (Wildman–Crippen MR) is 74.6 cm³/mol. The van der Waals surface area contributed by atoms with E-state index in [-0.39, 0.29) is 0 Å². The molecule has 1 aromatic rings. The Bertz CT molecular complexity index is 277. The first-order valence-corrected chi connectivity index (χ1v) is 7.13. The minimum atomic E-state index is 0.537. The molecule has 4 heteroatoms. The maximum absolute atomic E-state index is 5.36. The van der Waals surface area contributed by atoms with Gasteiger partial charge in [0.2, 0.25) is 0 Å². The van der Waals surface area contributed by atoms with Crippen molar-refractivity contribution in [2.24, 2.45) is 0 Å². The number of rotatable bonds is 9. The summed E-state index contributed by atoms with van der Waals surface area (Å²) in [6.07, 6.45) is 0. The van der Waals surface area contributed by atoms with Gasteiger partial charge in [-0.15, -0.1) is 11.3 Å². The Balaban J connectivity index is 2.09. The average molecular weight is 256 g/mol. The van der Waals surface area contributed by atoms with Gasteiger partial charge in [0.25, 0.3) is 0 Å². The Morgan fingerprint density at radius 2 is 2.35 bits per heavy atom. The van der Waals surface area contributed by atoms with Crippen LogP contribution < -0.4 is 5.32 Å². The number of thiophene rings is 1. The van der Waals surface area contributed by atoms with Crippen LogP contribution in [0.2, 0.25) is 0 Å². The third-order valence-electron chi connectivity index (χ3n) is 2.86. The summed E-state index contributed by atoms with van der Waals surface area (Å²) in [5, 5.41) is 5.61. The molecular weight excluding hydrogens is 232 g/mol. The second-order valence-corrected chi connectivity index (χ2v) is 5.27. The summed E-state index contributed by atoms with van der Waals surface area (Å²) >= 11 is 1.80. The molecule has 1 atom stereocenters. The maximum Gasteiger partial charge on any atom is 0.0593 e. The van der Waals surface area contributed by atoms with Crippen LogP contribution in [-0.4, -0.2) is 44.3 Å². The summed E-state index contributed by atoms with van der Waals surface area (Å²) in [4.78, 5) is 3.73. The second-order valence-electron chi connectivity index (χ2n) is 4.24. The molecule has 0 bridgehead atoms. The van der Waals surface area contributed by atoms with Crippen LogP contribution in [0.1, 0.15) is 18.7 Å². The zero-order chi connectivity index (χ0) is 12.5. The highest BCUT2D eigenvalue weighted by atomic mass is 32.1. The van der Waals surface area contributed by atoms with E-state index in [1.54, 1.807) is 11.3 Å². The fraction of sp³-hybridized carbons (Fsp3) is 0.692. The van der Waals surface area contributed by atoms with Crippen molar-refractivity contribution in [1.29, 1.82) is 0 Å². The van der Waals surface area contributed by atoms with E-state index >= 15 is 0 Å². The SMILES string of the molecule is CCOCCN(C)C(C)CNCc1cccs1. The van der Waals surface area contributed by atoms with Gasteiger partial charge in [-0.05, 0) is 32.3 Å². The number of hydrogen-bond acceptors (Lipinski definition) is 4. The lowest BCUT2D eigenvalue weighted by molar-refractivity contribution is 0.110. The molecule has 0 saturated carbocycles. The van der Waals surface area contributed by atoms with Crippen LogP contribution >= 0.6 is 11.3 Å². The monoisotopic (exact) mass is 256 g/mol. The first-order valence-electron chi connectivity index (χ1n) is 6.25. The van der Waals surface area contributed by atoms with E-state index in [4.69, 9.17) is 4.74 Å². The van der Waals surface area contributed by atoms with Gasteiger partial charge in [-0.25, -0.2) is 0 Å². The van der Waals surface area contributed by atoms with Gasteiger partial charge < -0.3 is 15.0 Å². The highest BCUT2D eigenvalue weighted by Gasteiger charge is 2.08. The lowest BCUT2D eigenvalue weighted by atomic mass is 10.3. The van der Waals surface area contributed by atoms with Gasteiger partial charge in [0.05, 0.1) is 6.61 Å². The summed E-state index contributed by atoms with van der Waals surface area (Å²) in [5.41, 5.74) is 0. The molecule has 0 radical (unpaired) electrons. The Morgan fingerprint density at radius 3 is 3.00 bits per heavy atom. The van der Waals surface area contributed by atoms with Crippen LogP contribution in [0.25, 0.3) is 0 Å². The van der Waals surface area contributed by atoms with Gasteiger partial charge in [-0.3, -0.25) is 0 Å². The number of ether oxygens (including phenoxy) is 1. The molecule has 1 heterocycles. The standard InChI is InChI=1S/C13H24N2OS/c1-4-16-8-7-15(3)12(2)10-14-11-13-6-5-9-17-13/h5-6,9,12,14H,4,7-8,10-11H2,1-3H3. The molecule has 1 aromatic heterocycles. The molecule has 0 aliphatic rings. The Kier molecular flexibility index (Phi) is 7.44. The van der Waals surface area contributed by atoms with Gasteiger partial charge in [-0.2, -0.15) is 0 Å². The first-order chi connectivity index (χ1) is 8.24. The molecule has 1 N–H and O–H groups in total. The van der Waals surface area contributed by atoms with Crippen molar-refractivity contribution in [2.45, 2.75) is 26.4 Å². The molecule has 3 nitrogen and oxygen atoms in total. The highest BCUT2D eigenvalue weighted by Crippen LogP contribution is 2.07. The van der Waals surface area contributed by atoms with E-state index in [0.29, 0.717) is 6.04 Å². The summed E-state index contributed by atoms with van der Waals surface area (Å²) in [6, 6.07) is 4.80. The minimum absolute atomic E-state index is 0.537. The summed E-state index contributed by atoms with van der Waals surface area (Å²) in [6.45, 7) is 8.89. The fourth-order valence-corrected chi connectivity index (χ4v) is 2.22. The fourth-order valence-electron chi connectivity index (χ4n) is 1.55. The van der Waals surface area contributed by atoms with E-state index < -0.39 is 0 Å². The highest BCUT2D eigenvalue weighted by molar-refractivity contribution is 7.09. The van der Waals surface area contributed by atoms with Crippen molar-refractivity contribution in [1.82, 2.24) is 10.2 Å². The number of nitrogens with zero attached hydrogens (tertiary/aromatic N) is 1. The largest absolute Gasteiger partial charge is 0.380 e. The van der Waals surface area contributed by atoms with Crippen molar-refractivity contribution < 1.29 is 4.74 Å². The maximum atomic E-state index is 5.36. The number of likely N-dealkylation sites (N-methyl/N-ethyl adjacent to an activating group) is 1. The first kappa shape index (κ1) is 14.6. The normalized spacial score (nSPS) is 13.2. The molecule has 0 saturated heterocycles. The summed E-state index contributed by atoms with van der Waals surface area (Å²) in [7, 11) is 2.15. The van der Waals surface area contributed by atoms with Gasteiger partial charge in [0, 0.05) is 37.2 Å². The molecule has 0 aromatic carbocycles. The molecule has 0 aliphatic heterocycles. The van der Waals surface area contributed by atoms with Gasteiger partial charge in [-0.1, -0.05) is 6.07 Å². The Hall–Kier alpha value is -0.420. The lowest BCUT2D eigenvalue weighted by Gasteiger charge is -2.24. The van der Waals surface area contributed by atoms with Crippen LogP contribution in [0.5, 0.6) is 0 Å². The smallest absolute Gasteiger partial charge is 0.0593 e. The zero-order valence-electron chi connectivity index (χ0n) is 11.1. The van der Waals surface area contributed by atoms with Crippen LogP contribution in [0.15, 0.2) is 17.5 Å². The molecule has 0 amide bonds. The van der Waals surface area contributed by atoms with Crippen molar-refractivity contribution in [3.05, 3.63) is 22.4 Å². The topological polar surface area (TPSA) is 24.5 Å². The van der Waals surface area contributed by atoms with Crippen LogP contribution in [0.3, 0.4) is 0 Å². The van der Waals surface area contributed by atoms with Crippen molar-refractivity contribution >= 4 is 11.3 Å². The van der Waals surface area contributed by atoms with Gasteiger partial charge in [0.15, 0.2) is 0 Å². The van der Waals surface area contributed by atoms with Gasteiger partial charge in [0.1, 0.15) is 0 Å². The van der Waals surface area contributed by atoms with Crippen LogP contribution in [0.4, 0.5) is 0 Å². The molecule has 0 fully saturated rings. The van der Waals surface area contributed by atoms with Gasteiger partial charge >= 0.3 is 0 Å². The molecule has 17 heavy (non-hydrogen) atoms. The Labute approximate surface area is 109 Å². The van der Waals surface area contributed by atoms with Crippen LogP contribution in [-0.2, 0) is 11.3 Å². The van der Waals surface area contributed by atoms with Crippen molar-refractivity contribution in [3.8, 4) is 0 Å². The molecule has 0 spiro atoms. The minimum Gasteiger partial charge on any atom is -0.380 e. The Morgan fingerprint density at radius 1 is 1.53 bits per heavy atom.